The predicted molar refractivity (Wildman–Crippen MR) is 150 cm³/mol. The fourth-order valence-corrected chi connectivity index (χ4v) is 6.52. The third kappa shape index (κ3) is 11.4. The van der Waals surface area contributed by atoms with E-state index in [9.17, 15) is 0 Å². The Morgan fingerprint density at radius 1 is 0.515 bits per heavy atom. The number of halogens is 1. The van der Waals surface area contributed by atoms with Gasteiger partial charge in [0.15, 0.2) is 0 Å². The van der Waals surface area contributed by atoms with Crippen LogP contribution >= 0.6 is 25.3 Å². The fraction of sp³-hybridized carbons (Fsp3) is 0.107. The first-order chi connectivity index (χ1) is 16.2. The molecule has 0 aromatic heterocycles. The van der Waals surface area contributed by atoms with Gasteiger partial charge in [-0.1, -0.05) is 72.8 Å². The maximum atomic E-state index is 8.68. The van der Waals surface area contributed by atoms with E-state index in [2.05, 4.69) is 144 Å². The molecular formula is C28H31ClOP2Pt+2. The van der Waals surface area contributed by atoms with Gasteiger partial charge in [-0.15, -0.1) is 0 Å². The van der Waals surface area contributed by atoms with E-state index in [1.54, 1.807) is 18.8 Å². The first kappa shape index (κ1) is 29.4. The first-order valence-corrected chi connectivity index (χ1v) is 17.3. The number of rotatable bonds is 4. The Morgan fingerprint density at radius 3 is 0.818 bits per heavy atom. The molecule has 0 aliphatic carbocycles. The van der Waals surface area contributed by atoms with Gasteiger partial charge in [-0.25, -0.2) is 0 Å². The van der Waals surface area contributed by atoms with Crippen molar-refractivity contribution in [1.29, 1.82) is 0 Å². The molecule has 0 fully saturated rings. The molecule has 4 rings (SSSR count). The molecule has 0 N–H and O–H groups in total. The van der Waals surface area contributed by atoms with Crippen LogP contribution in [0.1, 0.15) is 6.92 Å². The summed E-state index contributed by atoms with van der Waals surface area (Å²) in [6.07, 6.45) is 1.50. The molecule has 1 nitrogen and oxygen atoms in total. The molecule has 0 amide bonds. The van der Waals surface area contributed by atoms with Gasteiger partial charge in [0.25, 0.3) is 0 Å². The molecule has 0 radical (unpaired) electrons. The second kappa shape index (κ2) is 18.8. The van der Waals surface area contributed by atoms with Crippen LogP contribution in [0.15, 0.2) is 121 Å². The second-order valence-electron chi connectivity index (χ2n) is 6.92. The Balaban J connectivity index is 0.000000277. The minimum atomic E-state index is -0.545. The van der Waals surface area contributed by atoms with Crippen molar-refractivity contribution in [3.63, 3.8) is 0 Å². The summed E-state index contributed by atoms with van der Waals surface area (Å²) in [5.41, 5.74) is 0. The van der Waals surface area contributed by atoms with E-state index in [4.69, 9.17) is 4.79 Å². The topological polar surface area (TPSA) is 17.1 Å². The summed E-state index contributed by atoms with van der Waals surface area (Å²) >= 11 is 1.61. The number of carbonyl (C=O) groups excluding carboxylic acids is 1. The molecule has 0 aliphatic rings. The zero-order valence-electron chi connectivity index (χ0n) is 19.1. The molecule has 0 saturated heterocycles. The summed E-state index contributed by atoms with van der Waals surface area (Å²) < 4.78 is 0. The average molecular weight is 676 g/mol. The van der Waals surface area contributed by atoms with E-state index in [-0.39, 0.29) is 0 Å². The van der Waals surface area contributed by atoms with Crippen molar-refractivity contribution in [2.24, 2.45) is 0 Å². The van der Waals surface area contributed by atoms with Crippen LogP contribution in [0, 0.1) is 0 Å². The SMILES string of the molecule is C[C-]=O.C[PH+](c1ccccc1)c1ccccc1.C[PH+](c1ccccc1)c1ccccc1.[Cl][Pt+]. The van der Waals surface area contributed by atoms with E-state index in [0.29, 0.717) is 0 Å². The maximum absolute atomic E-state index is 8.68. The quantitative estimate of drug-likeness (QED) is 0.199. The average Bonchev–Trinajstić information content (AvgIpc) is 2.92. The van der Waals surface area contributed by atoms with Crippen LogP contribution in [-0.4, -0.2) is 19.6 Å². The zero-order valence-corrected chi connectivity index (χ0v) is 24.2. The van der Waals surface area contributed by atoms with Crippen LogP contribution in [0.2, 0.25) is 0 Å². The fourth-order valence-electron chi connectivity index (χ4n) is 3.09. The molecule has 0 heterocycles. The number of benzene rings is 4. The number of hydrogen-bond donors (Lipinski definition) is 0. The van der Waals surface area contributed by atoms with Gasteiger partial charge in [0.2, 0.25) is 0 Å². The van der Waals surface area contributed by atoms with E-state index in [1.165, 1.54) is 34.4 Å². The van der Waals surface area contributed by atoms with Gasteiger partial charge in [-0.3, -0.25) is 6.29 Å². The van der Waals surface area contributed by atoms with Crippen LogP contribution < -0.4 is 21.2 Å². The van der Waals surface area contributed by atoms with Gasteiger partial charge in [0.1, 0.15) is 0 Å². The molecular weight excluding hydrogens is 645 g/mol. The standard InChI is InChI=1S/2C13H13P.C2H3O.ClH.Pt/c2*1-14(12-8-4-2-5-9-12)13-10-6-3-7-11-13;1-2-3;;/h2*2-11H,1H3;1H3;1H;/q;;-1;;+2/p+1. The van der Waals surface area contributed by atoms with Crippen molar-refractivity contribution in [3.8, 4) is 0 Å². The van der Waals surface area contributed by atoms with Crippen molar-refractivity contribution in [3.05, 3.63) is 121 Å². The van der Waals surface area contributed by atoms with E-state index in [0.717, 1.165) is 0 Å². The van der Waals surface area contributed by atoms with Crippen LogP contribution in [0.4, 0.5) is 0 Å². The van der Waals surface area contributed by atoms with Gasteiger partial charge >= 0.3 is 28.2 Å². The third-order valence-electron chi connectivity index (χ3n) is 4.83. The van der Waals surface area contributed by atoms with Crippen molar-refractivity contribution >= 4 is 52.8 Å². The summed E-state index contributed by atoms with van der Waals surface area (Å²) in [6, 6.07) is 43.0. The Morgan fingerprint density at radius 2 is 0.667 bits per heavy atom. The normalized spacial score (nSPS) is 9.45. The molecule has 0 atom stereocenters. The van der Waals surface area contributed by atoms with Crippen LogP contribution in [0.25, 0.3) is 0 Å². The van der Waals surface area contributed by atoms with E-state index >= 15 is 0 Å². The van der Waals surface area contributed by atoms with Gasteiger partial charge in [-0.2, -0.15) is 6.92 Å². The molecule has 5 heteroatoms. The molecule has 0 unspecified atom stereocenters. The second-order valence-corrected chi connectivity index (χ2v) is 11.7. The Kier molecular flexibility index (Phi) is 16.7. The van der Waals surface area contributed by atoms with Crippen molar-refractivity contribution in [2.75, 3.05) is 13.3 Å². The summed E-state index contributed by atoms with van der Waals surface area (Å²) in [4.78, 5) is 8.68. The summed E-state index contributed by atoms with van der Waals surface area (Å²) in [6.45, 7) is 6.00. The van der Waals surface area contributed by atoms with Gasteiger partial charge in [-0.05, 0) is 48.5 Å². The van der Waals surface area contributed by atoms with E-state index < -0.39 is 15.8 Å². The Hall–Kier alpha value is -1.61. The van der Waals surface area contributed by atoms with Crippen LogP contribution in [-0.2, 0) is 23.6 Å². The van der Waals surface area contributed by atoms with Crippen molar-refractivity contribution in [1.82, 2.24) is 0 Å². The zero-order chi connectivity index (χ0) is 24.3. The van der Waals surface area contributed by atoms with Gasteiger partial charge in [0, 0.05) is 0 Å². The molecule has 0 aliphatic heterocycles. The molecule has 4 aromatic rings. The van der Waals surface area contributed by atoms with Crippen molar-refractivity contribution in [2.45, 2.75) is 6.92 Å². The Labute approximate surface area is 216 Å². The molecule has 0 saturated carbocycles. The summed E-state index contributed by atoms with van der Waals surface area (Å²) in [5.74, 6) is 0. The monoisotopic (exact) mass is 675 g/mol. The van der Waals surface area contributed by atoms with Crippen LogP contribution in [0.5, 0.6) is 0 Å². The van der Waals surface area contributed by atoms with Crippen molar-refractivity contribution < 1.29 is 23.6 Å². The van der Waals surface area contributed by atoms with E-state index in [1.807, 2.05) is 0 Å². The van der Waals surface area contributed by atoms with Gasteiger partial charge < -0.3 is 4.79 Å². The summed E-state index contributed by atoms with van der Waals surface area (Å²) in [5, 5.41) is 5.90. The van der Waals surface area contributed by atoms with Crippen LogP contribution in [0.3, 0.4) is 0 Å². The number of hydrogen-bond acceptors (Lipinski definition) is 1. The molecule has 0 bridgehead atoms. The first-order valence-electron chi connectivity index (χ1n) is 10.5. The predicted octanol–water partition coefficient (Wildman–Crippen LogP) is 5.77. The third-order valence-corrected chi connectivity index (χ3v) is 9.62. The molecule has 0 spiro atoms. The molecule has 33 heavy (non-hydrogen) atoms. The minimum absolute atomic E-state index is 0.545. The van der Waals surface area contributed by atoms with Gasteiger partial charge in [0.05, 0.1) is 50.4 Å². The molecule has 4 aromatic carbocycles. The molecule has 174 valence electrons. The Bertz CT molecular complexity index is 827. The summed E-state index contributed by atoms with van der Waals surface area (Å²) in [7, 11) is 3.52.